The Morgan fingerprint density at radius 2 is 2.19 bits per heavy atom. The highest BCUT2D eigenvalue weighted by Gasteiger charge is 2.47. The first kappa shape index (κ1) is 10.4. The molecule has 86 valence electrons. The van der Waals surface area contributed by atoms with Crippen molar-refractivity contribution in [3.05, 3.63) is 21.9 Å². The largest absolute Gasteiger partial charge is 0.453 e. The highest BCUT2D eigenvalue weighted by molar-refractivity contribution is 9.10. The third-order valence-electron chi connectivity index (χ3n) is 3.33. The van der Waals surface area contributed by atoms with E-state index in [1.807, 2.05) is 0 Å². The first-order chi connectivity index (χ1) is 7.68. The molecule has 2 N–H and O–H groups in total. The third kappa shape index (κ3) is 1.28. The highest BCUT2D eigenvalue weighted by atomic mass is 79.9. The lowest BCUT2D eigenvalue weighted by Crippen LogP contribution is -2.21. The van der Waals surface area contributed by atoms with Gasteiger partial charge in [0.25, 0.3) is 0 Å². The minimum atomic E-state index is -0.329. The van der Waals surface area contributed by atoms with Gasteiger partial charge in [-0.2, -0.15) is 0 Å². The average molecular weight is 288 g/mol. The van der Waals surface area contributed by atoms with Crippen molar-refractivity contribution in [2.24, 2.45) is 5.73 Å². The molecule has 0 saturated heterocycles. The number of benzene rings is 1. The molecular formula is C11H11BrFNO2. The van der Waals surface area contributed by atoms with Crippen LogP contribution >= 0.6 is 15.9 Å². The fraction of sp³-hybridized carbons (Fsp3) is 0.455. The van der Waals surface area contributed by atoms with Crippen LogP contribution in [0.25, 0.3) is 0 Å². The summed E-state index contributed by atoms with van der Waals surface area (Å²) in [5.74, 6) is 0.351. The highest BCUT2D eigenvalue weighted by Crippen LogP contribution is 2.54. The Hall–Kier alpha value is -0.810. The molecule has 1 aromatic rings. The number of ether oxygens (including phenoxy) is 2. The molecule has 0 atom stereocenters. The van der Waals surface area contributed by atoms with Crippen LogP contribution in [0.4, 0.5) is 4.39 Å². The van der Waals surface area contributed by atoms with E-state index >= 15 is 0 Å². The van der Waals surface area contributed by atoms with Gasteiger partial charge in [-0.1, -0.05) is 15.9 Å². The molecule has 1 saturated carbocycles. The second-order valence-electron chi connectivity index (χ2n) is 4.27. The molecule has 0 bridgehead atoms. The van der Waals surface area contributed by atoms with E-state index in [1.165, 1.54) is 0 Å². The van der Waals surface area contributed by atoms with Crippen LogP contribution in [-0.2, 0) is 5.41 Å². The van der Waals surface area contributed by atoms with Crippen molar-refractivity contribution in [3.63, 3.8) is 0 Å². The van der Waals surface area contributed by atoms with Crippen LogP contribution in [0.1, 0.15) is 18.4 Å². The maximum Gasteiger partial charge on any atom is 0.231 e. The van der Waals surface area contributed by atoms with E-state index < -0.39 is 0 Å². The molecule has 0 amide bonds. The summed E-state index contributed by atoms with van der Waals surface area (Å²) in [5.41, 5.74) is 6.16. The molecule has 16 heavy (non-hydrogen) atoms. The first-order valence-corrected chi connectivity index (χ1v) is 5.95. The van der Waals surface area contributed by atoms with Crippen LogP contribution in [0.5, 0.6) is 11.5 Å². The number of hydrogen-bond acceptors (Lipinski definition) is 3. The summed E-state index contributed by atoms with van der Waals surface area (Å²) in [5, 5.41) is 0. The Morgan fingerprint density at radius 1 is 1.44 bits per heavy atom. The lowest BCUT2D eigenvalue weighted by Gasteiger charge is -2.16. The van der Waals surface area contributed by atoms with Crippen molar-refractivity contribution in [3.8, 4) is 11.5 Å². The monoisotopic (exact) mass is 287 g/mol. The van der Waals surface area contributed by atoms with Gasteiger partial charge >= 0.3 is 0 Å². The van der Waals surface area contributed by atoms with Crippen molar-refractivity contribution < 1.29 is 13.9 Å². The van der Waals surface area contributed by atoms with Gasteiger partial charge in [-0.15, -0.1) is 0 Å². The zero-order valence-electron chi connectivity index (χ0n) is 8.56. The topological polar surface area (TPSA) is 44.5 Å². The minimum Gasteiger partial charge on any atom is -0.453 e. The van der Waals surface area contributed by atoms with Crippen LogP contribution in [0, 0.1) is 5.82 Å². The van der Waals surface area contributed by atoms with E-state index in [0.717, 1.165) is 17.3 Å². The quantitative estimate of drug-likeness (QED) is 0.908. The summed E-state index contributed by atoms with van der Waals surface area (Å²) >= 11 is 3.39. The second kappa shape index (κ2) is 3.34. The Morgan fingerprint density at radius 3 is 2.81 bits per heavy atom. The van der Waals surface area contributed by atoms with Gasteiger partial charge in [0.2, 0.25) is 12.5 Å². The molecule has 0 radical (unpaired) electrons. The van der Waals surface area contributed by atoms with Gasteiger partial charge in [-0.25, -0.2) is 4.39 Å². The van der Waals surface area contributed by atoms with E-state index in [4.69, 9.17) is 15.2 Å². The molecule has 0 spiro atoms. The first-order valence-electron chi connectivity index (χ1n) is 5.16. The number of halogens is 2. The minimum absolute atomic E-state index is 0.0811. The van der Waals surface area contributed by atoms with Crippen molar-refractivity contribution in [1.29, 1.82) is 0 Å². The number of nitrogens with two attached hydrogens (primary N) is 1. The fourth-order valence-corrected chi connectivity index (χ4v) is 2.97. The maximum atomic E-state index is 14.3. The Labute approximate surface area is 101 Å². The molecule has 3 rings (SSSR count). The van der Waals surface area contributed by atoms with Crippen molar-refractivity contribution in [1.82, 2.24) is 0 Å². The molecule has 1 heterocycles. The van der Waals surface area contributed by atoms with Gasteiger partial charge in [0.15, 0.2) is 11.6 Å². The summed E-state index contributed by atoms with van der Waals surface area (Å²) in [6.45, 7) is 0.542. The van der Waals surface area contributed by atoms with E-state index in [9.17, 15) is 4.39 Å². The van der Waals surface area contributed by atoms with Crippen LogP contribution in [0.15, 0.2) is 10.5 Å². The van der Waals surface area contributed by atoms with Crippen LogP contribution in [-0.4, -0.2) is 13.3 Å². The number of rotatable bonds is 2. The summed E-state index contributed by atoms with van der Waals surface area (Å²) < 4.78 is 25.3. The summed E-state index contributed by atoms with van der Waals surface area (Å²) in [7, 11) is 0. The molecule has 0 aromatic heterocycles. The predicted molar refractivity (Wildman–Crippen MR) is 60.2 cm³/mol. The molecular weight excluding hydrogens is 277 g/mol. The Bertz CT molecular complexity index is 460. The van der Waals surface area contributed by atoms with E-state index in [-0.39, 0.29) is 23.8 Å². The van der Waals surface area contributed by atoms with Gasteiger partial charge in [-0.3, -0.25) is 0 Å². The van der Waals surface area contributed by atoms with Gasteiger partial charge in [0, 0.05) is 22.0 Å². The summed E-state index contributed by atoms with van der Waals surface area (Å²) in [4.78, 5) is 0. The zero-order valence-corrected chi connectivity index (χ0v) is 10.1. The van der Waals surface area contributed by atoms with E-state index in [2.05, 4.69) is 15.9 Å². The molecule has 2 aliphatic rings. The van der Waals surface area contributed by atoms with Crippen molar-refractivity contribution in [2.45, 2.75) is 18.3 Å². The van der Waals surface area contributed by atoms with Crippen LogP contribution < -0.4 is 15.2 Å². The molecule has 3 nitrogen and oxygen atoms in total. The molecule has 5 heteroatoms. The molecule has 0 unspecified atom stereocenters. The summed E-state index contributed by atoms with van der Waals surface area (Å²) in [6.07, 6.45) is 1.86. The summed E-state index contributed by atoms with van der Waals surface area (Å²) in [6, 6.07) is 1.76. The molecule has 1 fully saturated rings. The van der Waals surface area contributed by atoms with Gasteiger partial charge in [-0.05, 0) is 18.9 Å². The predicted octanol–water partition coefficient (Wildman–Crippen LogP) is 2.31. The SMILES string of the molecule is NCC1(c2c(Br)cc3c(c2F)OCO3)CC1. The van der Waals surface area contributed by atoms with Crippen molar-refractivity contribution >= 4 is 15.9 Å². The molecule has 1 aromatic carbocycles. The van der Waals surface area contributed by atoms with Gasteiger partial charge in [0.05, 0.1) is 0 Å². The standard InChI is InChI=1S/C11H11BrFNO2/c12-6-3-7-10(16-5-15-7)9(13)8(6)11(4-14)1-2-11/h3H,1-2,4-5,14H2. The van der Waals surface area contributed by atoms with Gasteiger partial charge < -0.3 is 15.2 Å². The number of fused-ring (bicyclic) bond motifs is 1. The lowest BCUT2D eigenvalue weighted by atomic mass is 9.95. The number of hydrogen-bond donors (Lipinski definition) is 1. The normalized spacial score (nSPS) is 19.9. The average Bonchev–Trinajstić information content (AvgIpc) is 2.89. The fourth-order valence-electron chi connectivity index (χ4n) is 2.17. The molecule has 1 aliphatic heterocycles. The van der Waals surface area contributed by atoms with E-state index in [1.54, 1.807) is 6.07 Å². The van der Waals surface area contributed by atoms with Crippen molar-refractivity contribution in [2.75, 3.05) is 13.3 Å². The zero-order chi connectivity index (χ0) is 11.3. The third-order valence-corrected chi connectivity index (χ3v) is 3.96. The smallest absolute Gasteiger partial charge is 0.231 e. The van der Waals surface area contributed by atoms with Crippen LogP contribution in [0.2, 0.25) is 0 Å². The Balaban J connectivity index is 2.19. The van der Waals surface area contributed by atoms with E-state index in [0.29, 0.717) is 17.9 Å². The second-order valence-corrected chi connectivity index (χ2v) is 5.12. The lowest BCUT2D eigenvalue weighted by molar-refractivity contribution is 0.170. The van der Waals surface area contributed by atoms with Gasteiger partial charge in [0.1, 0.15) is 0 Å². The van der Waals surface area contributed by atoms with Crippen LogP contribution in [0.3, 0.4) is 0 Å². The maximum absolute atomic E-state index is 14.3. The molecule has 1 aliphatic carbocycles. The Kier molecular flexibility index (Phi) is 2.16.